The number of carbonyl (C=O) groups excluding carboxylic acids is 1. The molecule has 2 N–H and O–H groups in total. The van der Waals surface area contributed by atoms with Crippen molar-refractivity contribution in [1.29, 1.82) is 5.26 Å². The average Bonchev–Trinajstić information content (AvgIpc) is 2.31. The average molecular weight is 233 g/mol. The predicted molar refractivity (Wildman–Crippen MR) is 64.5 cm³/mol. The van der Waals surface area contributed by atoms with Crippen molar-refractivity contribution in [3.05, 3.63) is 23.8 Å². The zero-order valence-corrected chi connectivity index (χ0v) is 10.1. The van der Waals surface area contributed by atoms with Gasteiger partial charge in [0.15, 0.2) is 5.92 Å². The molecule has 0 bridgehead atoms. The number of hydrogen-bond donors (Lipinski definition) is 1. The van der Waals surface area contributed by atoms with Gasteiger partial charge < -0.3 is 15.4 Å². The van der Waals surface area contributed by atoms with Gasteiger partial charge in [0.25, 0.3) is 0 Å². The number of benzene rings is 1. The predicted octanol–water partition coefficient (Wildman–Crippen LogP) is 0.973. The molecule has 0 radical (unpaired) electrons. The third-order valence-corrected chi connectivity index (χ3v) is 2.43. The molecule has 0 heterocycles. The Bertz CT molecular complexity index is 463. The summed E-state index contributed by atoms with van der Waals surface area (Å²) in [5.41, 5.74) is 6.62. The van der Waals surface area contributed by atoms with E-state index in [2.05, 4.69) is 0 Å². The summed E-state index contributed by atoms with van der Waals surface area (Å²) in [6.45, 7) is 0. The first kappa shape index (κ1) is 12.8. The van der Waals surface area contributed by atoms with Crippen LogP contribution in [0.2, 0.25) is 0 Å². The van der Waals surface area contributed by atoms with Crippen LogP contribution in [0.3, 0.4) is 0 Å². The molecule has 0 aliphatic carbocycles. The first-order valence-corrected chi connectivity index (χ1v) is 5.06. The van der Waals surface area contributed by atoms with Crippen molar-refractivity contribution in [2.24, 2.45) is 0 Å². The second kappa shape index (κ2) is 5.21. The minimum Gasteiger partial charge on any atom is -0.496 e. The molecule has 1 atom stereocenters. The highest BCUT2D eigenvalue weighted by Crippen LogP contribution is 2.32. The van der Waals surface area contributed by atoms with Crippen molar-refractivity contribution < 1.29 is 9.53 Å². The second-order valence-electron chi connectivity index (χ2n) is 3.76. The van der Waals surface area contributed by atoms with Crippen LogP contribution in [0.1, 0.15) is 11.5 Å². The third-order valence-electron chi connectivity index (χ3n) is 2.43. The second-order valence-corrected chi connectivity index (χ2v) is 3.76. The zero-order valence-electron chi connectivity index (χ0n) is 10.1. The van der Waals surface area contributed by atoms with Crippen LogP contribution in [0, 0.1) is 11.3 Å². The van der Waals surface area contributed by atoms with E-state index >= 15 is 0 Å². The molecule has 0 aliphatic rings. The lowest BCUT2D eigenvalue weighted by Gasteiger charge is -2.18. The van der Waals surface area contributed by atoms with E-state index in [0.29, 0.717) is 17.0 Å². The summed E-state index contributed by atoms with van der Waals surface area (Å²) >= 11 is 0. The maximum atomic E-state index is 11.9. The van der Waals surface area contributed by atoms with Gasteiger partial charge in [0.2, 0.25) is 5.91 Å². The molecule has 1 aromatic carbocycles. The fraction of sp³-hybridized carbons (Fsp3) is 0.333. The Morgan fingerprint density at radius 3 is 2.65 bits per heavy atom. The lowest BCUT2D eigenvalue weighted by molar-refractivity contribution is -0.129. The number of rotatable bonds is 3. The van der Waals surface area contributed by atoms with Crippen LogP contribution >= 0.6 is 0 Å². The molecule has 90 valence electrons. The number of anilines is 1. The quantitative estimate of drug-likeness (QED) is 0.789. The van der Waals surface area contributed by atoms with Crippen LogP contribution in [-0.2, 0) is 4.79 Å². The molecule has 0 aliphatic heterocycles. The van der Waals surface area contributed by atoms with Crippen LogP contribution < -0.4 is 10.5 Å². The van der Waals surface area contributed by atoms with Crippen molar-refractivity contribution in [2.45, 2.75) is 5.92 Å². The third kappa shape index (κ3) is 2.48. The molecule has 0 saturated heterocycles. The van der Waals surface area contributed by atoms with Crippen LogP contribution in [0.4, 0.5) is 5.69 Å². The van der Waals surface area contributed by atoms with Crippen molar-refractivity contribution >= 4 is 11.6 Å². The monoisotopic (exact) mass is 233 g/mol. The topological polar surface area (TPSA) is 79.3 Å². The Kier molecular flexibility index (Phi) is 3.94. The van der Waals surface area contributed by atoms with E-state index in [1.54, 1.807) is 32.3 Å². The molecule has 5 nitrogen and oxygen atoms in total. The van der Waals surface area contributed by atoms with E-state index < -0.39 is 5.92 Å². The standard InChI is InChI=1S/C12H15N3O2/c1-15(2)12(16)8(7-13)11-9(14)5-4-6-10(11)17-3/h4-6,8H,14H2,1-3H3. The van der Waals surface area contributed by atoms with Crippen LogP contribution in [-0.4, -0.2) is 32.0 Å². The number of nitrogen functional groups attached to an aromatic ring is 1. The molecule has 1 amide bonds. The fourth-order valence-corrected chi connectivity index (χ4v) is 1.55. The summed E-state index contributed by atoms with van der Waals surface area (Å²) < 4.78 is 5.14. The van der Waals surface area contributed by atoms with Gasteiger partial charge in [-0.25, -0.2) is 0 Å². The molecule has 1 rings (SSSR count). The van der Waals surface area contributed by atoms with Gasteiger partial charge in [0.05, 0.1) is 13.2 Å². The van der Waals surface area contributed by atoms with Gasteiger partial charge in [-0.2, -0.15) is 5.26 Å². The van der Waals surface area contributed by atoms with Crippen LogP contribution in [0.15, 0.2) is 18.2 Å². The molecule has 17 heavy (non-hydrogen) atoms. The first-order valence-electron chi connectivity index (χ1n) is 5.06. The largest absolute Gasteiger partial charge is 0.496 e. The van der Waals surface area contributed by atoms with Gasteiger partial charge in [0.1, 0.15) is 5.75 Å². The van der Waals surface area contributed by atoms with E-state index in [4.69, 9.17) is 15.7 Å². The molecule has 5 heteroatoms. The zero-order chi connectivity index (χ0) is 13.0. The maximum absolute atomic E-state index is 11.9. The highest BCUT2D eigenvalue weighted by atomic mass is 16.5. The molecular formula is C12H15N3O2. The van der Waals surface area contributed by atoms with E-state index in [9.17, 15) is 4.79 Å². The smallest absolute Gasteiger partial charge is 0.244 e. The Morgan fingerprint density at radius 1 is 1.53 bits per heavy atom. The fourth-order valence-electron chi connectivity index (χ4n) is 1.55. The molecule has 0 fully saturated rings. The van der Waals surface area contributed by atoms with Gasteiger partial charge in [-0.05, 0) is 12.1 Å². The van der Waals surface area contributed by atoms with E-state index in [0.717, 1.165) is 0 Å². The molecular weight excluding hydrogens is 218 g/mol. The van der Waals surface area contributed by atoms with Gasteiger partial charge in [-0.15, -0.1) is 0 Å². The van der Waals surface area contributed by atoms with Crippen LogP contribution in [0.5, 0.6) is 5.75 Å². The van der Waals surface area contributed by atoms with Crippen molar-refractivity contribution in [2.75, 3.05) is 26.9 Å². The summed E-state index contributed by atoms with van der Waals surface area (Å²) in [5, 5.41) is 9.13. The summed E-state index contributed by atoms with van der Waals surface area (Å²) in [7, 11) is 4.67. The Labute approximate surface area is 100 Å². The Balaban J connectivity index is 3.31. The van der Waals surface area contributed by atoms with E-state index in [-0.39, 0.29) is 5.91 Å². The van der Waals surface area contributed by atoms with Crippen molar-refractivity contribution in [3.8, 4) is 11.8 Å². The number of methoxy groups -OCH3 is 1. The van der Waals surface area contributed by atoms with Gasteiger partial charge in [-0.1, -0.05) is 6.07 Å². The molecule has 0 aromatic heterocycles. The minimum atomic E-state index is -0.943. The number of nitrogens with two attached hydrogens (primary N) is 1. The molecule has 0 spiro atoms. The van der Waals surface area contributed by atoms with Gasteiger partial charge in [-0.3, -0.25) is 4.79 Å². The molecule has 0 saturated carbocycles. The van der Waals surface area contributed by atoms with E-state index in [1.807, 2.05) is 6.07 Å². The highest BCUT2D eigenvalue weighted by molar-refractivity contribution is 5.88. The van der Waals surface area contributed by atoms with Gasteiger partial charge >= 0.3 is 0 Å². The highest BCUT2D eigenvalue weighted by Gasteiger charge is 2.27. The van der Waals surface area contributed by atoms with Gasteiger partial charge in [0, 0.05) is 25.3 Å². The summed E-state index contributed by atoms with van der Waals surface area (Å²) in [4.78, 5) is 13.2. The van der Waals surface area contributed by atoms with E-state index in [1.165, 1.54) is 12.0 Å². The SMILES string of the molecule is COc1cccc(N)c1C(C#N)C(=O)N(C)C. The maximum Gasteiger partial charge on any atom is 0.244 e. The lowest BCUT2D eigenvalue weighted by atomic mass is 9.96. The summed E-state index contributed by atoms with van der Waals surface area (Å²) in [6.07, 6.45) is 0. The number of nitrogens with zero attached hydrogens (tertiary/aromatic N) is 2. The number of hydrogen-bond acceptors (Lipinski definition) is 4. The number of carbonyl (C=O) groups is 1. The Morgan fingerprint density at radius 2 is 2.18 bits per heavy atom. The number of likely N-dealkylation sites (N-methyl/N-ethyl adjacent to an activating group) is 1. The van der Waals surface area contributed by atoms with Crippen molar-refractivity contribution in [1.82, 2.24) is 4.90 Å². The summed E-state index contributed by atoms with van der Waals surface area (Å²) in [6, 6.07) is 7.00. The Hall–Kier alpha value is -2.22. The van der Waals surface area contributed by atoms with Crippen LogP contribution in [0.25, 0.3) is 0 Å². The minimum absolute atomic E-state index is 0.316. The normalized spacial score (nSPS) is 11.4. The molecule has 1 unspecified atom stereocenters. The number of amides is 1. The molecule has 1 aromatic rings. The lowest BCUT2D eigenvalue weighted by Crippen LogP contribution is -2.28. The first-order chi connectivity index (χ1) is 8.02. The number of nitriles is 1. The number of ether oxygens (including phenoxy) is 1. The van der Waals surface area contributed by atoms with Crippen molar-refractivity contribution in [3.63, 3.8) is 0 Å². The summed E-state index contributed by atoms with van der Waals surface area (Å²) in [5.74, 6) is -0.809.